The Hall–Kier alpha value is -1.35. The molecule has 0 spiro atoms. The van der Waals surface area contributed by atoms with Crippen molar-refractivity contribution in [2.75, 3.05) is 0 Å². The lowest BCUT2D eigenvalue weighted by Gasteiger charge is -2.07. The van der Waals surface area contributed by atoms with Crippen LogP contribution < -0.4 is 0 Å². The molecule has 0 fully saturated rings. The molecule has 0 aliphatic rings. The fourth-order valence-electron chi connectivity index (χ4n) is 1.56. The predicted molar refractivity (Wildman–Crippen MR) is 76.0 cm³/mol. The number of rotatable bonds is 2. The van der Waals surface area contributed by atoms with E-state index in [1.807, 2.05) is 9.24 Å². The van der Waals surface area contributed by atoms with E-state index in [1.54, 1.807) is 0 Å². The van der Waals surface area contributed by atoms with Crippen LogP contribution in [0.25, 0.3) is 0 Å². The Kier molecular flexibility index (Phi) is 6.03. The molecule has 2 aromatic rings. The van der Waals surface area contributed by atoms with Crippen molar-refractivity contribution in [2.24, 2.45) is 0 Å². The summed E-state index contributed by atoms with van der Waals surface area (Å²) >= 11 is 0. The predicted octanol–water partition coefficient (Wildman–Crippen LogP) is 4.68. The Balaban J connectivity index is 0.000000312. The van der Waals surface area contributed by atoms with Crippen molar-refractivity contribution in [3.8, 4) is 0 Å². The largest absolute Gasteiger partial charge is 0.673 e. The van der Waals surface area contributed by atoms with Gasteiger partial charge in [0.05, 0.1) is 0 Å². The highest BCUT2D eigenvalue weighted by Gasteiger charge is 2.20. The molecule has 1 unspecified atom stereocenters. The van der Waals surface area contributed by atoms with Crippen LogP contribution in [0.3, 0.4) is 0 Å². The zero-order chi connectivity index (χ0) is 14.3. The molecule has 0 heterocycles. The van der Waals surface area contributed by atoms with Gasteiger partial charge in [0, 0.05) is 0 Å². The molecule has 0 N–H and O–H groups in total. The van der Waals surface area contributed by atoms with Crippen LogP contribution in [0.1, 0.15) is 16.8 Å². The van der Waals surface area contributed by atoms with E-state index in [-0.39, 0.29) is 0 Å². The molecule has 0 saturated heterocycles. The zero-order valence-electron chi connectivity index (χ0n) is 10.1. The second-order valence-corrected chi connectivity index (χ2v) is 4.69. The maximum atomic E-state index is 9.75. The highest BCUT2D eigenvalue weighted by Crippen LogP contribution is 2.30. The molecule has 2 aromatic carbocycles. The second kappa shape index (κ2) is 7.29. The molecule has 1 atom stereocenters. The van der Waals surface area contributed by atoms with Crippen molar-refractivity contribution in [3.63, 3.8) is 0 Å². The van der Waals surface area contributed by atoms with Crippen LogP contribution in [0.5, 0.6) is 0 Å². The second-order valence-electron chi connectivity index (χ2n) is 3.87. The number of hydrogen-bond donors (Lipinski definition) is 0. The van der Waals surface area contributed by atoms with Gasteiger partial charge in [0.1, 0.15) is 5.66 Å². The quantitative estimate of drug-likeness (QED) is 0.427. The zero-order valence-corrected chi connectivity index (χ0v) is 11.6. The molecule has 0 nitrogen and oxygen atoms in total. The van der Waals surface area contributed by atoms with Crippen LogP contribution in [0, 0.1) is 0 Å². The molecule has 0 aromatic heterocycles. The van der Waals surface area contributed by atoms with Crippen molar-refractivity contribution in [3.05, 3.63) is 71.8 Å². The first-order valence-corrected chi connectivity index (χ1v) is 6.50. The Morgan fingerprint density at radius 3 is 1.21 bits per heavy atom. The first-order chi connectivity index (χ1) is 8.88. The Morgan fingerprint density at radius 1 is 0.684 bits per heavy atom. The molecular weight excluding hydrogens is 274 g/mol. The molecule has 19 heavy (non-hydrogen) atoms. The third kappa shape index (κ3) is 6.97. The van der Waals surface area contributed by atoms with Crippen LogP contribution in [-0.2, 0) is 0 Å². The third-order valence-electron chi connectivity index (χ3n) is 2.40. The van der Waals surface area contributed by atoms with E-state index in [0.29, 0.717) is 5.66 Å². The Labute approximate surface area is 112 Å². The highest BCUT2D eigenvalue weighted by molar-refractivity contribution is 7.17. The molecule has 0 aliphatic heterocycles. The van der Waals surface area contributed by atoms with Crippen molar-refractivity contribution in [1.82, 2.24) is 0 Å². The number of benzene rings is 2. The van der Waals surface area contributed by atoms with E-state index < -0.39 is 7.25 Å². The molecule has 0 saturated carbocycles. The Morgan fingerprint density at radius 2 is 0.947 bits per heavy atom. The maximum absolute atomic E-state index is 9.75. The summed E-state index contributed by atoms with van der Waals surface area (Å²) < 4.78 is 39.0. The minimum atomic E-state index is -6.00. The van der Waals surface area contributed by atoms with Gasteiger partial charge >= 0.3 is 7.25 Å². The SMILES string of the molecule is F[B-](F)(F)F.[PH3+]C(c1ccccc1)c1ccccc1. The minimum Gasteiger partial charge on any atom is -0.418 e. The summed E-state index contributed by atoms with van der Waals surface area (Å²) in [5.74, 6) is 0. The average Bonchev–Trinajstić information content (AvgIpc) is 2.38. The minimum absolute atomic E-state index is 0.511. The van der Waals surface area contributed by atoms with Gasteiger partial charge in [-0.1, -0.05) is 60.7 Å². The fourth-order valence-corrected chi connectivity index (χ4v) is 2.11. The van der Waals surface area contributed by atoms with Crippen molar-refractivity contribution in [1.29, 1.82) is 0 Å². The molecule has 0 amide bonds. The monoisotopic (exact) mass is 288 g/mol. The van der Waals surface area contributed by atoms with E-state index in [1.165, 1.54) is 11.1 Å². The normalized spacial score (nSPS) is 11.0. The van der Waals surface area contributed by atoms with Gasteiger partial charge in [-0.3, -0.25) is 0 Å². The molecule has 2 rings (SSSR count). The van der Waals surface area contributed by atoms with E-state index >= 15 is 0 Å². The third-order valence-corrected chi connectivity index (χ3v) is 3.35. The first-order valence-electron chi connectivity index (χ1n) is 5.68. The first kappa shape index (κ1) is 15.7. The van der Waals surface area contributed by atoms with Crippen LogP contribution in [0.2, 0.25) is 0 Å². The van der Waals surface area contributed by atoms with Gasteiger partial charge in [-0.05, 0) is 20.4 Å². The van der Waals surface area contributed by atoms with Crippen molar-refractivity contribution >= 4 is 16.5 Å². The smallest absolute Gasteiger partial charge is 0.418 e. The van der Waals surface area contributed by atoms with Crippen molar-refractivity contribution < 1.29 is 17.3 Å². The molecule has 0 radical (unpaired) electrons. The lowest BCUT2D eigenvalue weighted by Crippen LogP contribution is -2.02. The summed E-state index contributed by atoms with van der Waals surface area (Å²) in [7, 11) is -3.97. The molecule has 0 bridgehead atoms. The molecular formula is C13H14BF4P. The molecule has 6 heteroatoms. The summed E-state index contributed by atoms with van der Waals surface area (Å²) in [6, 6.07) is 21.2. The summed E-state index contributed by atoms with van der Waals surface area (Å²) in [4.78, 5) is 0. The van der Waals surface area contributed by atoms with Crippen molar-refractivity contribution in [2.45, 2.75) is 5.66 Å². The van der Waals surface area contributed by atoms with Gasteiger partial charge in [-0.2, -0.15) is 0 Å². The summed E-state index contributed by atoms with van der Waals surface area (Å²) in [6.45, 7) is 0. The summed E-state index contributed by atoms with van der Waals surface area (Å²) in [5, 5.41) is 0. The van der Waals surface area contributed by atoms with E-state index in [2.05, 4.69) is 60.7 Å². The maximum Gasteiger partial charge on any atom is 0.673 e. The fraction of sp³-hybridized carbons (Fsp3) is 0.0769. The van der Waals surface area contributed by atoms with Gasteiger partial charge in [-0.15, -0.1) is 0 Å². The Bertz CT molecular complexity index is 428. The van der Waals surface area contributed by atoms with Gasteiger partial charge in [0.25, 0.3) is 0 Å². The lowest BCUT2D eigenvalue weighted by atomic mass is 10.0. The van der Waals surface area contributed by atoms with Gasteiger partial charge in [-0.25, -0.2) is 0 Å². The van der Waals surface area contributed by atoms with Crippen LogP contribution in [0.15, 0.2) is 60.7 Å². The van der Waals surface area contributed by atoms with E-state index in [9.17, 15) is 17.3 Å². The number of halogens is 4. The van der Waals surface area contributed by atoms with E-state index in [4.69, 9.17) is 0 Å². The molecule has 0 aliphatic carbocycles. The molecule has 102 valence electrons. The average molecular weight is 288 g/mol. The van der Waals surface area contributed by atoms with Crippen LogP contribution >= 0.6 is 9.24 Å². The standard InChI is InChI=1S/C13H13P.BF4/c14-13(11-7-3-1-4-8-11)12-9-5-2-6-10-12;2-1(3,4)5/h1-10,13H,14H2;/q;-1/p+1. The van der Waals surface area contributed by atoms with Crippen LogP contribution in [0.4, 0.5) is 17.3 Å². The summed E-state index contributed by atoms with van der Waals surface area (Å²) in [6.07, 6.45) is 0. The van der Waals surface area contributed by atoms with Gasteiger partial charge in [0.2, 0.25) is 0 Å². The van der Waals surface area contributed by atoms with Gasteiger partial charge in [0.15, 0.2) is 0 Å². The van der Waals surface area contributed by atoms with Gasteiger partial charge < -0.3 is 17.3 Å². The lowest BCUT2D eigenvalue weighted by molar-refractivity contribution is 0.368. The number of hydrogen-bond acceptors (Lipinski definition) is 0. The van der Waals surface area contributed by atoms with Crippen LogP contribution in [-0.4, -0.2) is 7.25 Å². The highest BCUT2D eigenvalue weighted by atomic mass is 31.0. The summed E-state index contributed by atoms with van der Waals surface area (Å²) in [5.41, 5.74) is 3.28. The topological polar surface area (TPSA) is 0 Å². The van der Waals surface area contributed by atoms with E-state index in [0.717, 1.165) is 0 Å².